The van der Waals surface area contributed by atoms with E-state index in [1.165, 1.54) is 0 Å². The molecule has 0 aromatic carbocycles. The van der Waals surface area contributed by atoms with E-state index in [0.717, 1.165) is 12.5 Å². The minimum absolute atomic E-state index is 0.122. The molecule has 72 valence electrons. The van der Waals surface area contributed by atoms with Gasteiger partial charge in [-0.25, -0.2) is 0 Å². The maximum atomic E-state index is 11.4. The van der Waals surface area contributed by atoms with Gasteiger partial charge in [-0.2, -0.15) is 0 Å². The average Bonchev–Trinajstić information content (AvgIpc) is 2.65. The van der Waals surface area contributed by atoms with Gasteiger partial charge in [0.25, 0.3) is 11.8 Å². The SMILES string of the molecule is O=C(O)CN1C(=O)c2cocc2C1=O. The van der Waals surface area contributed by atoms with Gasteiger partial charge >= 0.3 is 5.97 Å². The third-order valence-electron chi connectivity index (χ3n) is 1.91. The highest BCUT2D eigenvalue weighted by atomic mass is 16.4. The fraction of sp³-hybridized carbons (Fsp3) is 0.125. The van der Waals surface area contributed by atoms with Gasteiger partial charge in [0.05, 0.1) is 11.1 Å². The van der Waals surface area contributed by atoms with Crippen molar-refractivity contribution >= 4 is 17.8 Å². The number of imide groups is 1. The molecule has 1 N–H and O–H groups in total. The molecule has 0 spiro atoms. The van der Waals surface area contributed by atoms with Gasteiger partial charge in [-0.3, -0.25) is 19.3 Å². The van der Waals surface area contributed by atoms with E-state index in [0.29, 0.717) is 4.90 Å². The van der Waals surface area contributed by atoms with E-state index in [1.807, 2.05) is 0 Å². The summed E-state index contributed by atoms with van der Waals surface area (Å²) < 4.78 is 4.67. The van der Waals surface area contributed by atoms with Crippen molar-refractivity contribution in [1.82, 2.24) is 4.90 Å². The number of fused-ring (bicyclic) bond motifs is 1. The minimum atomic E-state index is -1.23. The van der Waals surface area contributed by atoms with Gasteiger partial charge in [0.1, 0.15) is 19.1 Å². The standard InChI is InChI=1S/C8H5NO5/c10-6(11)1-9-7(12)4-2-14-3-5(4)8(9)13/h2-3H,1H2,(H,10,11). The van der Waals surface area contributed by atoms with Crippen LogP contribution in [0.25, 0.3) is 0 Å². The predicted octanol–water partition coefficient (Wildman–Crippen LogP) is -0.0398. The topological polar surface area (TPSA) is 87.8 Å². The van der Waals surface area contributed by atoms with E-state index in [9.17, 15) is 14.4 Å². The molecule has 1 aliphatic heterocycles. The molecular formula is C8H5NO5. The van der Waals surface area contributed by atoms with Crippen molar-refractivity contribution in [2.24, 2.45) is 0 Å². The van der Waals surface area contributed by atoms with E-state index < -0.39 is 24.3 Å². The highest BCUT2D eigenvalue weighted by molar-refractivity contribution is 6.21. The summed E-state index contributed by atoms with van der Waals surface area (Å²) in [6.45, 7) is -0.619. The van der Waals surface area contributed by atoms with Crippen LogP contribution >= 0.6 is 0 Å². The molecule has 0 radical (unpaired) electrons. The normalized spacial score (nSPS) is 14.7. The zero-order valence-corrected chi connectivity index (χ0v) is 6.89. The lowest BCUT2D eigenvalue weighted by molar-refractivity contribution is -0.137. The number of carboxylic acids is 1. The van der Waals surface area contributed by atoms with Crippen LogP contribution in [0.2, 0.25) is 0 Å². The number of carboxylic acid groups (broad SMARTS) is 1. The Morgan fingerprint density at radius 1 is 1.29 bits per heavy atom. The molecule has 1 aromatic heterocycles. The van der Waals surface area contributed by atoms with Crippen molar-refractivity contribution in [3.63, 3.8) is 0 Å². The van der Waals surface area contributed by atoms with Crippen LogP contribution in [0.15, 0.2) is 16.9 Å². The Morgan fingerprint density at radius 3 is 2.21 bits per heavy atom. The lowest BCUT2D eigenvalue weighted by Gasteiger charge is -2.09. The molecule has 0 saturated heterocycles. The van der Waals surface area contributed by atoms with Crippen molar-refractivity contribution < 1.29 is 23.9 Å². The number of hydrogen-bond donors (Lipinski definition) is 1. The van der Waals surface area contributed by atoms with Crippen molar-refractivity contribution in [2.45, 2.75) is 0 Å². The van der Waals surface area contributed by atoms with Gasteiger partial charge in [0, 0.05) is 0 Å². The van der Waals surface area contributed by atoms with Crippen LogP contribution in [-0.4, -0.2) is 34.3 Å². The van der Waals surface area contributed by atoms with Crippen LogP contribution in [-0.2, 0) is 4.79 Å². The highest BCUT2D eigenvalue weighted by Gasteiger charge is 2.38. The third-order valence-corrected chi connectivity index (χ3v) is 1.91. The van der Waals surface area contributed by atoms with E-state index in [2.05, 4.69) is 4.42 Å². The van der Waals surface area contributed by atoms with Crippen molar-refractivity contribution in [3.8, 4) is 0 Å². The lowest BCUT2D eigenvalue weighted by Crippen LogP contribution is -2.34. The summed E-state index contributed by atoms with van der Waals surface area (Å²) in [5.41, 5.74) is 0.243. The van der Waals surface area contributed by atoms with E-state index >= 15 is 0 Å². The summed E-state index contributed by atoms with van der Waals surface area (Å²) in [5.74, 6) is -2.48. The van der Waals surface area contributed by atoms with Gasteiger partial charge in [-0.1, -0.05) is 0 Å². The average molecular weight is 195 g/mol. The van der Waals surface area contributed by atoms with E-state index in [4.69, 9.17) is 5.11 Å². The molecule has 1 aliphatic rings. The second-order valence-corrected chi connectivity index (χ2v) is 2.79. The zero-order valence-electron chi connectivity index (χ0n) is 6.89. The summed E-state index contributed by atoms with van der Waals surface area (Å²) in [6.07, 6.45) is 2.27. The molecule has 1 aromatic rings. The molecular weight excluding hydrogens is 190 g/mol. The highest BCUT2D eigenvalue weighted by Crippen LogP contribution is 2.22. The van der Waals surface area contributed by atoms with Crippen LogP contribution < -0.4 is 0 Å². The van der Waals surface area contributed by atoms with Crippen molar-refractivity contribution in [2.75, 3.05) is 6.54 Å². The van der Waals surface area contributed by atoms with Crippen molar-refractivity contribution in [1.29, 1.82) is 0 Å². The number of aliphatic carboxylic acids is 1. The molecule has 0 atom stereocenters. The number of carbonyl (C=O) groups is 3. The largest absolute Gasteiger partial charge is 0.480 e. The van der Waals surface area contributed by atoms with Gasteiger partial charge in [-0.15, -0.1) is 0 Å². The number of rotatable bonds is 2. The second kappa shape index (κ2) is 2.69. The number of carbonyl (C=O) groups excluding carboxylic acids is 2. The Labute approximate surface area is 77.7 Å². The molecule has 2 rings (SSSR count). The zero-order chi connectivity index (χ0) is 10.3. The minimum Gasteiger partial charge on any atom is -0.480 e. The molecule has 0 saturated carbocycles. The number of amides is 2. The summed E-state index contributed by atoms with van der Waals surface area (Å²) in [6, 6.07) is 0. The number of hydrogen-bond acceptors (Lipinski definition) is 4. The predicted molar refractivity (Wildman–Crippen MR) is 41.7 cm³/mol. The Kier molecular flexibility index (Phi) is 1.63. The third kappa shape index (κ3) is 1.00. The summed E-state index contributed by atoms with van der Waals surface area (Å²) >= 11 is 0. The first-order valence-electron chi connectivity index (χ1n) is 3.75. The Balaban J connectivity index is 2.35. The first kappa shape index (κ1) is 8.49. The van der Waals surface area contributed by atoms with Gasteiger partial charge in [0.2, 0.25) is 0 Å². The van der Waals surface area contributed by atoms with E-state index in [-0.39, 0.29) is 11.1 Å². The molecule has 0 bridgehead atoms. The second-order valence-electron chi connectivity index (χ2n) is 2.79. The maximum absolute atomic E-state index is 11.4. The molecule has 14 heavy (non-hydrogen) atoms. The molecule has 0 fully saturated rings. The summed E-state index contributed by atoms with van der Waals surface area (Å²) in [4.78, 5) is 33.8. The van der Waals surface area contributed by atoms with Crippen molar-refractivity contribution in [3.05, 3.63) is 23.7 Å². The first-order valence-corrected chi connectivity index (χ1v) is 3.75. The smallest absolute Gasteiger partial charge is 0.323 e. The Hall–Kier alpha value is -2.11. The van der Waals surface area contributed by atoms with Crippen LogP contribution in [0, 0.1) is 0 Å². The Morgan fingerprint density at radius 2 is 1.79 bits per heavy atom. The molecule has 2 amide bonds. The summed E-state index contributed by atoms with van der Waals surface area (Å²) in [5, 5.41) is 8.46. The van der Waals surface area contributed by atoms with Crippen LogP contribution in [0.5, 0.6) is 0 Å². The fourth-order valence-electron chi connectivity index (χ4n) is 1.29. The van der Waals surface area contributed by atoms with Gasteiger partial charge in [0.15, 0.2) is 0 Å². The molecule has 6 heteroatoms. The fourth-order valence-corrected chi connectivity index (χ4v) is 1.29. The summed E-state index contributed by atoms with van der Waals surface area (Å²) in [7, 11) is 0. The number of furan rings is 1. The van der Waals surface area contributed by atoms with Crippen LogP contribution in [0.1, 0.15) is 20.7 Å². The van der Waals surface area contributed by atoms with Crippen LogP contribution in [0.3, 0.4) is 0 Å². The van der Waals surface area contributed by atoms with Gasteiger partial charge < -0.3 is 9.52 Å². The quantitative estimate of drug-likeness (QED) is 0.669. The number of nitrogens with zero attached hydrogens (tertiary/aromatic N) is 1. The van der Waals surface area contributed by atoms with Gasteiger partial charge in [-0.05, 0) is 0 Å². The molecule has 0 unspecified atom stereocenters. The Bertz CT molecular complexity index is 402. The molecule has 0 aliphatic carbocycles. The monoisotopic (exact) mass is 195 g/mol. The van der Waals surface area contributed by atoms with E-state index in [1.54, 1.807) is 0 Å². The maximum Gasteiger partial charge on any atom is 0.323 e. The molecule has 2 heterocycles. The lowest BCUT2D eigenvalue weighted by atomic mass is 10.2. The first-order chi connectivity index (χ1) is 6.61. The van der Waals surface area contributed by atoms with Crippen LogP contribution in [0.4, 0.5) is 0 Å². The molecule has 6 nitrogen and oxygen atoms in total.